The van der Waals surface area contributed by atoms with Crippen molar-refractivity contribution >= 4 is 27.3 Å². The summed E-state index contributed by atoms with van der Waals surface area (Å²) in [5.74, 6) is -0.428. The summed E-state index contributed by atoms with van der Waals surface area (Å²) >= 11 is 0. The molecule has 0 spiro atoms. The minimum absolute atomic E-state index is 0.136. The molecule has 1 heterocycles. The van der Waals surface area contributed by atoms with Crippen molar-refractivity contribution in [3.05, 3.63) is 120 Å². The van der Waals surface area contributed by atoms with Gasteiger partial charge in [0, 0.05) is 18.1 Å². The van der Waals surface area contributed by atoms with Gasteiger partial charge in [0.05, 0.1) is 10.6 Å². The standard InChI is InChI=1S/C28H27N3O3S/c1-21-3-11-26(12-4-21)31(35(33,34)27-13-5-22(2)6-14-27)20-28(32)30-25-9-7-23(8-10-25)19-24-15-17-29-18-16-24/h3-18H,19-20H2,1-2H3,(H,30,32). The van der Waals surface area contributed by atoms with Gasteiger partial charge in [0.15, 0.2) is 0 Å². The van der Waals surface area contributed by atoms with Crippen LogP contribution in [0.5, 0.6) is 0 Å². The third-order valence-corrected chi connectivity index (χ3v) is 7.40. The molecule has 0 aliphatic heterocycles. The van der Waals surface area contributed by atoms with E-state index < -0.39 is 15.9 Å². The zero-order chi connectivity index (χ0) is 24.8. The Morgan fingerprint density at radius 1 is 0.771 bits per heavy atom. The van der Waals surface area contributed by atoms with Gasteiger partial charge in [-0.3, -0.25) is 14.1 Å². The van der Waals surface area contributed by atoms with Crippen molar-refractivity contribution < 1.29 is 13.2 Å². The van der Waals surface area contributed by atoms with Crippen LogP contribution in [0.25, 0.3) is 0 Å². The second kappa shape index (κ2) is 10.5. The maximum Gasteiger partial charge on any atom is 0.264 e. The molecule has 35 heavy (non-hydrogen) atoms. The van der Waals surface area contributed by atoms with Crippen LogP contribution in [0.4, 0.5) is 11.4 Å². The molecule has 0 saturated carbocycles. The number of aromatic nitrogens is 1. The first-order valence-electron chi connectivity index (χ1n) is 11.2. The number of sulfonamides is 1. The van der Waals surface area contributed by atoms with E-state index in [0.29, 0.717) is 11.4 Å². The lowest BCUT2D eigenvalue weighted by molar-refractivity contribution is -0.114. The van der Waals surface area contributed by atoms with Crippen LogP contribution in [0.2, 0.25) is 0 Å². The highest BCUT2D eigenvalue weighted by Crippen LogP contribution is 2.24. The lowest BCUT2D eigenvalue weighted by Crippen LogP contribution is -2.38. The molecule has 0 radical (unpaired) electrons. The number of rotatable bonds is 8. The Labute approximate surface area is 206 Å². The zero-order valence-electron chi connectivity index (χ0n) is 19.7. The molecule has 7 heteroatoms. The fourth-order valence-electron chi connectivity index (χ4n) is 3.64. The molecule has 3 aromatic carbocycles. The molecule has 0 aliphatic carbocycles. The van der Waals surface area contributed by atoms with E-state index in [1.165, 1.54) is 0 Å². The maximum atomic E-state index is 13.5. The predicted octanol–water partition coefficient (Wildman–Crippen LogP) is 5.12. The fraction of sp³-hybridized carbons (Fsp3) is 0.143. The average molecular weight is 486 g/mol. The minimum Gasteiger partial charge on any atom is -0.325 e. The Bertz CT molecular complexity index is 1390. The number of carbonyl (C=O) groups is 1. The van der Waals surface area contributed by atoms with E-state index in [-0.39, 0.29) is 11.4 Å². The normalized spacial score (nSPS) is 11.1. The third kappa shape index (κ3) is 6.13. The van der Waals surface area contributed by atoms with E-state index >= 15 is 0 Å². The van der Waals surface area contributed by atoms with Gasteiger partial charge in [-0.15, -0.1) is 0 Å². The van der Waals surface area contributed by atoms with Gasteiger partial charge in [-0.1, -0.05) is 47.5 Å². The van der Waals surface area contributed by atoms with E-state index in [9.17, 15) is 13.2 Å². The van der Waals surface area contributed by atoms with Crippen LogP contribution in [0.15, 0.2) is 102 Å². The van der Waals surface area contributed by atoms with Crippen LogP contribution < -0.4 is 9.62 Å². The van der Waals surface area contributed by atoms with Crippen molar-refractivity contribution in [1.82, 2.24) is 4.98 Å². The number of nitrogens with zero attached hydrogens (tertiary/aromatic N) is 2. The van der Waals surface area contributed by atoms with Crippen LogP contribution in [0.3, 0.4) is 0 Å². The third-order valence-electron chi connectivity index (χ3n) is 5.61. The van der Waals surface area contributed by atoms with E-state index in [1.807, 2.05) is 62.4 Å². The Morgan fingerprint density at radius 3 is 1.91 bits per heavy atom. The quantitative estimate of drug-likeness (QED) is 0.376. The smallest absolute Gasteiger partial charge is 0.264 e. The number of amides is 1. The topological polar surface area (TPSA) is 79.4 Å². The molecule has 1 aromatic heterocycles. The molecule has 0 atom stereocenters. The Hall–Kier alpha value is -3.97. The van der Waals surface area contributed by atoms with Gasteiger partial charge in [0.1, 0.15) is 6.54 Å². The first-order chi connectivity index (χ1) is 16.8. The van der Waals surface area contributed by atoms with E-state index in [0.717, 1.165) is 33.0 Å². The average Bonchev–Trinajstić information content (AvgIpc) is 2.85. The molecule has 178 valence electrons. The van der Waals surface area contributed by atoms with Gasteiger partial charge in [-0.05, 0) is 79.9 Å². The van der Waals surface area contributed by atoms with Gasteiger partial charge in [-0.2, -0.15) is 0 Å². The van der Waals surface area contributed by atoms with Crippen molar-refractivity contribution in [3.8, 4) is 0 Å². The van der Waals surface area contributed by atoms with Crippen LogP contribution >= 0.6 is 0 Å². The summed E-state index contributed by atoms with van der Waals surface area (Å²) in [6, 6.07) is 25.1. The maximum absolute atomic E-state index is 13.5. The molecule has 4 aromatic rings. The Balaban J connectivity index is 1.52. The van der Waals surface area contributed by atoms with E-state index in [4.69, 9.17) is 0 Å². The minimum atomic E-state index is -3.94. The summed E-state index contributed by atoms with van der Waals surface area (Å²) in [4.78, 5) is 17.1. The van der Waals surface area contributed by atoms with Crippen molar-refractivity contribution in [2.75, 3.05) is 16.2 Å². The molecule has 0 bridgehead atoms. The molecular weight excluding hydrogens is 458 g/mol. The Morgan fingerprint density at radius 2 is 1.31 bits per heavy atom. The second-order valence-electron chi connectivity index (χ2n) is 8.44. The lowest BCUT2D eigenvalue weighted by Gasteiger charge is -2.24. The molecule has 0 saturated heterocycles. The molecule has 1 amide bonds. The molecule has 6 nitrogen and oxygen atoms in total. The number of carbonyl (C=O) groups excluding carboxylic acids is 1. The van der Waals surface area contributed by atoms with Crippen LogP contribution in [0.1, 0.15) is 22.3 Å². The summed E-state index contributed by atoms with van der Waals surface area (Å²) in [5, 5.41) is 2.82. The van der Waals surface area contributed by atoms with Gasteiger partial charge >= 0.3 is 0 Å². The summed E-state index contributed by atoms with van der Waals surface area (Å²) < 4.78 is 28.1. The SMILES string of the molecule is Cc1ccc(N(CC(=O)Nc2ccc(Cc3ccncc3)cc2)S(=O)(=O)c2ccc(C)cc2)cc1. The van der Waals surface area contributed by atoms with Crippen molar-refractivity contribution in [2.24, 2.45) is 0 Å². The number of hydrogen-bond acceptors (Lipinski definition) is 4. The Kier molecular flexibility index (Phi) is 7.27. The van der Waals surface area contributed by atoms with Crippen molar-refractivity contribution in [3.63, 3.8) is 0 Å². The lowest BCUT2D eigenvalue weighted by atomic mass is 10.1. The number of anilines is 2. The summed E-state index contributed by atoms with van der Waals surface area (Å²) in [6.45, 7) is 3.47. The number of hydrogen-bond donors (Lipinski definition) is 1. The highest BCUT2D eigenvalue weighted by molar-refractivity contribution is 7.92. The number of aryl methyl sites for hydroxylation is 2. The van der Waals surface area contributed by atoms with Gasteiger partial charge < -0.3 is 5.32 Å². The van der Waals surface area contributed by atoms with Gasteiger partial charge in [0.2, 0.25) is 5.91 Å². The number of pyridine rings is 1. The molecule has 0 unspecified atom stereocenters. The van der Waals surface area contributed by atoms with Gasteiger partial charge in [0.25, 0.3) is 10.0 Å². The summed E-state index contributed by atoms with van der Waals surface area (Å²) in [6.07, 6.45) is 4.27. The summed E-state index contributed by atoms with van der Waals surface area (Å²) in [7, 11) is -3.94. The molecule has 0 fully saturated rings. The van der Waals surface area contributed by atoms with Crippen molar-refractivity contribution in [1.29, 1.82) is 0 Å². The zero-order valence-corrected chi connectivity index (χ0v) is 20.5. The van der Waals surface area contributed by atoms with Crippen LogP contribution in [-0.4, -0.2) is 25.9 Å². The number of benzene rings is 3. The first kappa shape index (κ1) is 24.2. The molecule has 0 aliphatic rings. The summed E-state index contributed by atoms with van der Waals surface area (Å²) in [5.41, 5.74) is 5.22. The second-order valence-corrected chi connectivity index (χ2v) is 10.3. The molecule has 1 N–H and O–H groups in total. The highest BCUT2D eigenvalue weighted by Gasteiger charge is 2.27. The van der Waals surface area contributed by atoms with Crippen LogP contribution in [0, 0.1) is 13.8 Å². The van der Waals surface area contributed by atoms with Crippen LogP contribution in [-0.2, 0) is 21.2 Å². The fourth-order valence-corrected chi connectivity index (χ4v) is 5.06. The molecular formula is C28H27N3O3S. The highest BCUT2D eigenvalue weighted by atomic mass is 32.2. The van der Waals surface area contributed by atoms with Crippen molar-refractivity contribution in [2.45, 2.75) is 25.2 Å². The van der Waals surface area contributed by atoms with E-state index in [2.05, 4.69) is 10.3 Å². The predicted molar refractivity (Wildman–Crippen MR) is 139 cm³/mol. The monoisotopic (exact) mass is 485 g/mol. The number of nitrogens with one attached hydrogen (secondary N) is 1. The van der Waals surface area contributed by atoms with Gasteiger partial charge in [-0.25, -0.2) is 8.42 Å². The van der Waals surface area contributed by atoms with E-state index in [1.54, 1.807) is 48.8 Å². The largest absolute Gasteiger partial charge is 0.325 e. The first-order valence-corrected chi connectivity index (χ1v) is 12.7. The molecule has 4 rings (SSSR count).